The summed E-state index contributed by atoms with van der Waals surface area (Å²) in [5, 5.41) is 11.0. The van der Waals surface area contributed by atoms with Crippen LogP contribution in [0.1, 0.15) is 0 Å². The molecule has 5 nitrogen and oxygen atoms in total. The molecule has 1 atom stereocenters. The molecular weight excluding hydrogens is 352 g/mol. The Balaban J connectivity index is 1.44. The second-order valence-corrected chi connectivity index (χ2v) is 6.97. The maximum absolute atomic E-state index is 10.3. The molecule has 1 fully saturated rings. The van der Waals surface area contributed by atoms with Crippen molar-refractivity contribution in [1.82, 2.24) is 0 Å². The molecule has 6 heteroatoms. The van der Waals surface area contributed by atoms with Crippen LogP contribution in [0, 0.1) is 0 Å². The zero-order valence-corrected chi connectivity index (χ0v) is 15.8. The van der Waals surface area contributed by atoms with Crippen LogP contribution in [0.4, 0.5) is 5.69 Å². The van der Waals surface area contributed by atoms with Crippen LogP contribution in [0.15, 0.2) is 48.5 Å². The molecule has 0 saturated carbocycles. The lowest BCUT2D eigenvalue weighted by Gasteiger charge is -2.35. The Bertz CT molecular complexity index is 688. The van der Waals surface area contributed by atoms with Gasteiger partial charge in [-0.25, -0.2) is 0 Å². The molecule has 0 bridgehead atoms. The predicted octanol–water partition coefficient (Wildman–Crippen LogP) is 1.49. The third kappa shape index (κ3) is 5.04. The summed E-state index contributed by atoms with van der Waals surface area (Å²) in [4.78, 5) is 3.74. The van der Waals surface area contributed by atoms with E-state index in [1.165, 1.54) is 4.90 Å². The molecule has 0 spiro atoms. The zero-order valence-electron chi connectivity index (χ0n) is 15.0. The topological polar surface area (TPSA) is 46.4 Å². The Hall–Kier alpha value is -1.95. The maximum atomic E-state index is 10.3. The van der Waals surface area contributed by atoms with E-state index >= 15 is 0 Å². The van der Waals surface area contributed by atoms with Gasteiger partial charge in [0.05, 0.1) is 39.0 Å². The van der Waals surface area contributed by atoms with Crippen LogP contribution in [-0.4, -0.2) is 57.7 Å². The largest absolute Gasteiger partial charge is 0.495 e. The number of para-hydroxylation sites is 2. The van der Waals surface area contributed by atoms with Crippen molar-refractivity contribution in [2.45, 2.75) is 6.10 Å². The highest BCUT2D eigenvalue weighted by atomic mass is 35.5. The summed E-state index contributed by atoms with van der Waals surface area (Å²) in [6.07, 6.45) is -0.488. The van der Waals surface area contributed by atoms with Gasteiger partial charge in [0.2, 0.25) is 0 Å². The van der Waals surface area contributed by atoms with Crippen molar-refractivity contribution in [2.75, 3.05) is 51.3 Å². The lowest BCUT2D eigenvalue weighted by Crippen LogP contribution is -3.16. The Morgan fingerprint density at radius 3 is 2.50 bits per heavy atom. The monoisotopic (exact) mass is 377 g/mol. The molecule has 0 aliphatic carbocycles. The standard InChI is InChI=1S/C20H25ClN2O3/c1-25-20-5-3-2-4-19(20)23-12-10-22(11-13-23)14-17(24)15-26-18-8-6-16(21)7-9-18/h2-9,17,24H,10-15H2,1H3/p+1/t17-/m1/s1. The molecule has 3 rings (SSSR count). The van der Waals surface area contributed by atoms with E-state index < -0.39 is 6.10 Å². The van der Waals surface area contributed by atoms with Gasteiger partial charge in [-0.05, 0) is 36.4 Å². The number of ether oxygens (including phenoxy) is 2. The van der Waals surface area contributed by atoms with Crippen molar-refractivity contribution >= 4 is 17.3 Å². The molecule has 2 aromatic rings. The van der Waals surface area contributed by atoms with E-state index in [0.29, 0.717) is 18.2 Å². The number of piperazine rings is 1. The first kappa shape index (κ1) is 18.8. The highest BCUT2D eigenvalue weighted by Gasteiger charge is 2.24. The number of anilines is 1. The molecule has 26 heavy (non-hydrogen) atoms. The average molecular weight is 378 g/mol. The Morgan fingerprint density at radius 2 is 1.81 bits per heavy atom. The molecule has 1 saturated heterocycles. The lowest BCUT2D eigenvalue weighted by molar-refractivity contribution is -0.903. The summed E-state index contributed by atoms with van der Waals surface area (Å²) >= 11 is 5.86. The number of hydrogen-bond acceptors (Lipinski definition) is 4. The van der Waals surface area contributed by atoms with Crippen molar-refractivity contribution in [3.05, 3.63) is 53.6 Å². The maximum Gasteiger partial charge on any atom is 0.142 e. The van der Waals surface area contributed by atoms with E-state index in [9.17, 15) is 5.11 Å². The molecule has 0 unspecified atom stereocenters. The van der Waals surface area contributed by atoms with Crippen molar-refractivity contribution in [2.24, 2.45) is 0 Å². The fraction of sp³-hybridized carbons (Fsp3) is 0.400. The zero-order chi connectivity index (χ0) is 18.4. The number of rotatable bonds is 7. The van der Waals surface area contributed by atoms with Gasteiger partial charge in [-0.15, -0.1) is 0 Å². The molecule has 1 aliphatic rings. The number of benzene rings is 2. The van der Waals surface area contributed by atoms with Crippen LogP contribution < -0.4 is 19.3 Å². The van der Waals surface area contributed by atoms with Gasteiger partial charge in [0, 0.05) is 5.02 Å². The SMILES string of the molecule is COc1ccccc1N1CC[NH+](C[C@@H](O)COc2ccc(Cl)cc2)CC1. The van der Waals surface area contributed by atoms with Crippen molar-refractivity contribution in [3.63, 3.8) is 0 Å². The number of nitrogens with zero attached hydrogens (tertiary/aromatic N) is 1. The highest BCUT2D eigenvalue weighted by molar-refractivity contribution is 6.30. The number of halogens is 1. The quantitative estimate of drug-likeness (QED) is 0.767. The molecule has 1 aliphatic heterocycles. The lowest BCUT2D eigenvalue weighted by atomic mass is 10.2. The van der Waals surface area contributed by atoms with E-state index in [-0.39, 0.29) is 0 Å². The number of aliphatic hydroxyl groups is 1. The molecule has 1 heterocycles. The minimum atomic E-state index is -0.488. The third-order valence-corrected chi connectivity index (χ3v) is 4.93. The normalized spacial score (nSPS) is 16.3. The van der Waals surface area contributed by atoms with Gasteiger partial charge in [-0.3, -0.25) is 0 Å². The molecular formula is C20H26ClN2O3+. The average Bonchev–Trinajstić information content (AvgIpc) is 2.68. The van der Waals surface area contributed by atoms with E-state index in [4.69, 9.17) is 21.1 Å². The van der Waals surface area contributed by atoms with Crippen LogP contribution in [0.3, 0.4) is 0 Å². The summed E-state index contributed by atoms with van der Waals surface area (Å²) < 4.78 is 11.1. The molecule has 2 N–H and O–H groups in total. The van der Waals surface area contributed by atoms with Crippen LogP contribution in [0.2, 0.25) is 5.02 Å². The first-order valence-electron chi connectivity index (χ1n) is 8.93. The van der Waals surface area contributed by atoms with Gasteiger partial charge in [0.15, 0.2) is 0 Å². The van der Waals surface area contributed by atoms with Crippen molar-refractivity contribution in [1.29, 1.82) is 0 Å². The van der Waals surface area contributed by atoms with Gasteiger partial charge in [-0.1, -0.05) is 23.7 Å². The number of quaternary nitrogens is 1. The Morgan fingerprint density at radius 1 is 1.12 bits per heavy atom. The fourth-order valence-corrected chi connectivity index (χ4v) is 3.40. The summed E-state index contributed by atoms with van der Waals surface area (Å²) in [6, 6.07) is 15.3. The van der Waals surface area contributed by atoms with Crippen molar-refractivity contribution < 1.29 is 19.5 Å². The minimum Gasteiger partial charge on any atom is -0.495 e. The van der Waals surface area contributed by atoms with Crippen LogP contribution in [-0.2, 0) is 0 Å². The Kier molecular flexibility index (Phi) is 6.61. The summed E-state index contributed by atoms with van der Waals surface area (Å²) in [7, 11) is 1.71. The van der Waals surface area contributed by atoms with E-state index in [2.05, 4.69) is 11.0 Å². The van der Waals surface area contributed by atoms with Gasteiger partial charge < -0.3 is 24.4 Å². The van der Waals surface area contributed by atoms with Crippen LogP contribution in [0.5, 0.6) is 11.5 Å². The van der Waals surface area contributed by atoms with Crippen molar-refractivity contribution in [3.8, 4) is 11.5 Å². The number of aliphatic hydroxyl groups excluding tert-OH is 1. The molecule has 0 radical (unpaired) electrons. The minimum absolute atomic E-state index is 0.293. The highest BCUT2D eigenvalue weighted by Crippen LogP contribution is 2.27. The van der Waals surface area contributed by atoms with E-state index in [1.54, 1.807) is 19.2 Å². The summed E-state index contributed by atoms with van der Waals surface area (Å²) in [5.41, 5.74) is 1.14. The fourth-order valence-electron chi connectivity index (χ4n) is 3.27. The number of hydrogen-bond donors (Lipinski definition) is 2. The first-order chi connectivity index (χ1) is 12.7. The van der Waals surface area contributed by atoms with E-state index in [1.807, 2.05) is 30.3 Å². The van der Waals surface area contributed by atoms with Crippen LogP contribution >= 0.6 is 11.6 Å². The second kappa shape index (κ2) is 9.12. The predicted molar refractivity (Wildman–Crippen MR) is 104 cm³/mol. The Labute approximate surface area is 159 Å². The van der Waals surface area contributed by atoms with Gasteiger partial charge >= 0.3 is 0 Å². The summed E-state index contributed by atoms with van der Waals surface area (Å²) in [6.45, 7) is 4.84. The molecule has 0 amide bonds. The second-order valence-electron chi connectivity index (χ2n) is 6.53. The smallest absolute Gasteiger partial charge is 0.142 e. The van der Waals surface area contributed by atoms with Crippen LogP contribution in [0.25, 0.3) is 0 Å². The molecule has 2 aromatic carbocycles. The molecule has 0 aromatic heterocycles. The van der Waals surface area contributed by atoms with Gasteiger partial charge in [0.25, 0.3) is 0 Å². The third-order valence-electron chi connectivity index (χ3n) is 4.68. The first-order valence-corrected chi connectivity index (χ1v) is 9.31. The van der Waals surface area contributed by atoms with Gasteiger partial charge in [0.1, 0.15) is 30.8 Å². The molecule has 140 valence electrons. The number of nitrogens with one attached hydrogen (secondary N) is 1. The summed E-state index contributed by atoms with van der Waals surface area (Å²) in [5.74, 6) is 1.64. The van der Waals surface area contributed by atoms with E-state index in [0.717, 1.165) is 43.4 Å². The number of methoxy groups -OCH3 is 1. The van der Waals surface area contributed by atoms with Gasteiger partial charge in [-0.2, -0.15) is 0 Å².